The van der Waals surface area contributed by atoms with Gasteiger partial charge in [0.1, 0.15) is 0 Å². The van der Waals surface area contributed by atoms with E-state index in [9.17, 15) is 4.79 Å². The highest BCUT2D eigenvalue weighted by Gasteiger charge is 2.08. The average molecular weight is 654 g/mol. The number of hydrogen-bond acceptors (Lipinski definition) is 7. The number of nitrogens with one attached hydrogen (secondary N) is 7. The van der Waals surface area contributed by atoms with Crippen LogP contribution >= 0.6 is 0 Å². The Morgan fingerprint density at radius 1 is 0.435 bits per heavy atom. The van der Waals surface area contributed by atoms with E-state index in [2.05, 4.69) is 44.1 Å². The lowest BCUT2D eigenvalue weighted by atomic mass is 10.00. The lowest BCUT2D eigenvalue weighted by Crippen LogP contribution is -2.32. The van der Waals surface area contributed by atoms with Gasteiger partial charge in [0.2, 0.25) is 5.91 Å². The molecule has 0 spiro atoms. The van der Waals surface area contributed by atoms with E-state index in [4.69, 9.17) is 0 Å². The Bertz CT molecular complexity index is 557. The zero-order chi connectivity index (χ0) is 33.4. The van der Waals surface area contributed by atoms with Gasteiger partial charge in [0.05, 0.1) is 0 Å². The highest BCUT2D eigenvalue weighted by atomic mass is 16.1. The van der Waals surface area contributed by atoms with Gasteiger partial charge in [0.25, 0.3) is 0 Å². The van der Waals surface area contributed by atoms with E-state index >= 15 is 0 Å². The third-order valence-electron chi connectivity index (χ3n) is 8.96. The molecule has 0 aliphatic carbocycles. The minimum Gasteiger partial charge on any atom is -0.356 e. The molecule has 0 aliphatic rings. The molecule has 0 unspecified atom stereocenters. The first kappa shape index (κ1) is 45.2. The van der Waals surface area contributed by atoms with Gasteiger partial charge < -0.3 is 37.2 Å². The van der Waals surface area contributed by atoms with E-state index in [1.807, 2.05) is 14.1 Å². The van der Waals surface area contributed by atoms with Crippen LogP contribution in [0.4, 0.5) is 0 Å². The number of unbranched alkanes of at least 4 members (excludes halogenated alkanes) is 14. The smallest absolute Gasteiger partial charge is 0.219 e. The van der Waals surface area contributed by atoms with Gasteiger partial charge in [-0.25, -0.2) is 0 Å². The van der Waals surface area contributed by atoms with Gasteiger partial charge in [-0.2, -0.15) is 0 Å². The average Bonchev–Trinajstić information content (AvgIpc) is 3.06. The van der Waals surface area contributed by atoms with Crippen molar-refractivity contribution >= 4 is 5.91 Å². The van der Waals surface area contributed by atoms with Crippen LogP contribution in [0.25, 0.3) is 0 Å². The molecule has 0 aromatic carbocycles. The first-order chi connectivity index (χ1) is 22.7. The minimum atomic E-state index is 0.255. The maximum atomic E-state index is 12.2. The zero-order valence-corrected chi connectivity index (χ0v) is 31.3. The summed E-state index contributed by atoms with van der Waals surface area (Å²) in [4.78, 5) is 12.2. The molecule has 0 aromatic heterocycles. The molecule has 46 heavy (non-hydrogen) atoms. The highest BCUT2D eigenvalue weighted by molar-refractivity contribution is 5.75. The fourth-order valence-electron chi connectivity index (χ4n) is 5.92. The lowest BCUT2D eigenvalue weighted by molar-refractivity contribution is -0.121. The molecular weight excluding hydrogens is 570 g/mol. The van der Waals surface area contributed by atoms with E-state index in [0.29, 0.717) is 12.3 Å². The van der Waals surface area contributed by atoms with Gasteiger partial charge in [-0.05, 0) is 143 Å². The number of rotatable bonds is 40. The van der Waals surface area contributed by atoms with E-state index in [-0.39, 0.29) is 5.91 Å². The van der Waals surface area contributed by atoms with E-state index in [0.717, 1.165) is 84.8 Å². The topological polar surface area (TPSA) is 101 Å². The Morgan fingerprint density at radius 3 is 1.37 bits per heavy atom. The summed E-state index contributed by atoms with van der Waals surface area (Å²) >= 11 is 0. The molecule has 1 amide bonds. The largest absolute Gasteiger partial charge is 0.356 e. The number of carbonyl (C=O) groups is 1. The second kappa shape index (κ2) is 40.4. The van der Waals surface area contributed by atoms with Crippen LogP contribution in [-0.4, -0.2) is 92.0 Å². The van der Waals surface area contributed by atoms with Gasteiger partial charge in [0, 0.05) is 13.0 Å². The molecule has 0 radical (unpaired) electrons. The summed E-state index contributed by atoms with van der Waals surface area (Å²) in [5.41, 5.74) is 0. The molecule has 0 aliphatic heterocycles. The molecule has 0 aromatic rings. The van der Waals surface area contributed by atoms with Gasteiger partial charge in [-0.3, -0.25) is 4.79 Å². The van der Waals surface area contributed by atoms with Crippen LogP contribution in [0, 0.1) is 5.92 Å². The van der Waals surface area contributed by atoms with Crippen molar-refractivity contribution in [2.75, 3.05) is 86.1 Å². The molecule has 276 valence electrons. The summed E-state index contributed by atoms with van der Waals surface area (Å²) in [5.74, 6) is 0.950. The maximum absolute atomic E-state index is 12.2. The Hall–Kier alpha value is -0.770. The third-order valence-corrected chi connectivity index (χ3v) is 8.96. The normalized spacial score (nSPS) is 11.6. The first-order valence-corrected chi connectivity index (χ1v) is 20.1. The molecule has 0 fully saturated rings. The van der Waals surface area contributed by atoms with Crippen molar-refractivity contribution in [2.45, 2.75) is 148 Å². The van der Waals surface area contributed by atoms with Crippen molar-refractivity contribution in [3.63, 3.8) is 0 Å². The third kappa shape index (κ3) is 37.7. The fourth-order valence-corrected chi connectivity index (χ4v) is 5.92. The van der Waals surface area contributed by atoms with Gasteiger partial charge in [-0.1, -0.05) is 84.0 Å². The van der Waals surface area contributed by atoms with Crippen LogP contribution in [0.2, 0.25) is 0 Å². The molecule has 0 atom stereocenters. The predicted octanol–water partition coefficient (Wildman–Crippen LogP) is 6.12. The molecule has 8 nitrogen and oxygen atoms in total. The Balaban J connectivity index is 3.91. The molecule has 0 heterocycles. The van der Waals surface area contributed by atoms with E-state index in [1.165, 1.54) is 122 Å². The second-order valence-electron chi connectivity index (χ2n) is 13.6. The number of amides is 1. The monoisotopic (exact) mass is 654 g/mol. The molecule has 0 saturated heterocycles. The SMILES string of the molecule is CCCCCCCCCCCCC(=O)NCCCCCCC(CNCCCCNCCCNC)CNCCCCNCCCNC. The summed E-state index contributed by atoms with van der Waals surface area (Å²) in [6.07, 6.45) is 27.4. The van der Waals surface area contributed by atoms with Crippen molar-refractivity contribution in [3.05, 3.63) is 0 Å². The highest BCUT2D eigenvalue weighted by Crippen LogP contribution is 2.12. The van der Waals surface area contributed by atoms with Crippen LogP contribution < -0.4 is 37.2 Å². The minimum absolute atomic E-state index is 0.255. The molecule has 0 saturated carbocycles. The summed E-state index contributed by atoms with van der Waals surface area (Å²) < 4.78 is 0. The van der Waals surface area contributed by atoms with E-state index in [1.54, 1.807) is 0 Å². The van der Waals surface area contributed by atoms with Crippen LogP contribution in [-0.2, 0) is 4.79 Å². The fraction of sp³-hybridized carbons (Fsp3) is 0.974. The van der Waals surface area contributed by atoms with Crippen molar-refractivity contribution in [1.29, 1.82) is 0 Å². The molecule has 8 heteroatoms. The Kier molecular flexibility index (Phi) is 39.7. The quantitative estimate of drug-likeness (QED) is 0.0401. The van der Waals surface area contributed by atoms with E-state index < -0.39 is 0 Å². The van der Waals surface area contributed by atoms with Crippen LogP contribution in [0.3, 0.4) is 0 Å². The van der Waals surface area contributed by atoms with Crippen molar-refractivity contribution in [2.24, 2.45) is 5.92 Å². The van der Waals surface area contributed by atoms with Crippen molar-refractivity contribution in [3.8, 4) is 0 Å². The second-order valence-corrected chi connectivity index (χ2v) is 13.6. The maximum Gasteiger partial charge on any atom is 0.219 e. The summed E-state index contributed by atoms with van der Waals surface area (Å²) in [6.45, 7) is 14.2. The molecule has 0 rings (SSSR count). The first-order valence-electron chi connectivity index (χ1n) is 20.1. The zero-order valence-electron chi connectivity index (χ0n) is 31.3. The predicted molar refractivity (Wildman–Crippen MR) is 203 cm³/mol. The lowest BCUT2D eigenvalue weighted by Gasteiger charge is -2.19. The summed E-state index contributed by atoms with van der Waals surface area (Å²) in [7, 11) is 4.03. The van der Waals surface area contributed by atoms with Gasteiger partial charge >= 0.3 is 0 Å². The van der Waals surface area contributed by atoms with Crippen LogP contribution in [0.15, 0.2) is 0 Å². The number of carbonyl (C=O) groups excluding carboxylic acids is 1. The summed E-state index contributed by atoms with van der Waals surface area (Å²) in [6, 6.07) is 0. The molecular formula is C38H83N7O. The standard InChI is InChI=1S/C38H83N7O/c1-4-5-6-7-8-9-10-11-12-16-25-38(46)45-34-17-14-13-15-24-37(35-43-30-20-18-28-41-32-22-26-39-2)36-44-31-21-19-29-42-33-23-27-40-3/h37,39-44H,4-36H2,1-3H3,(H,45,46). The van der Waals surface area contributed by atoms with Crippen LogP contribution in [0.1, 0.15) is 148 Å². The van der Waals surface area contributed by atoms with Gasteiger partial charge in [0.15, 0.2) is 0 Å². The Morgan fingerprint density at radius 2 is 0.848 bits per heavy atom. The van der Waals surface area contributed by atoms with Gasteiger partial charge in [-0.15, -0.1) is 0 Å². The Labute approximate surface area is 287 Å². The number of hydrogen-bond donors (Lipinski definition) is 7. The molecule has 0 bridgehead atoms. The summed E-state index contributed by atoms with van der Waals surface area (Å²) in [5, 5.41) is 24.2. The van der Waals surface area contributed by atoms with Crippen molar-refractivity contribution < 1.29 is 4.79 Å². The molecule has 7 N–H and O–H groups in total. The van der Waals surface area contributed by atoms with Crippen LogP contribution in [0.5, 0.6) is 0 Å². The van der Waals surface area contributed by atoms with Crippen molar-refractivity contribution in [1.82, 2.24) is 37.2 Å².